The zero-order chi connectivity index (χ0) is 24.7. The predicted octanol–water partition coefficient (Wildman–Crippen LogP) is 5.21. The van der Waals surface area contributed by atoms with Crippen LogP contribution in [0.1, 0.15) is 23.2 Å². The summed E-state index contributed by atoms with van der Waals surface area (Å²) in [7, 11) is 0. The van der Waals surface area contributed by atoms with Gasteiger partial charge in [0, 0.05) is 39.5 Å². The Morgan fingerprint density at radius 1 is 0.833 bits per heavy atom. The van der Waals surface area contributed by atoms with E-state index in [1.165, 1.54) is 5.56 Å². The maximum atomic E-state index is 9.52. The van der Waals surface area contributed by atoms with Crippen LogP contribution in [0.25, 0.3) is 33.3 Å². The van der Waals surface area contributed by atoms with Gasteiger partial charge >= 0.3 is 0 Å². The van der Waals surface area contributed by atoms with Crippen LogP contribution >= 0.6 is 0 Å². The lowest BCUT2D eigenvalue weighted by atomic mass is 9.96. The Kier molecular flexibility index (Phi) is 7.31. The van der Waals surface area contributed by atoms with E-state index in [2.05, 4.69) is 60.3 Å². The number of hydrogen-bond acceptors (Lipinski definition) is 4. The lowest BCUT2D eigenvalue weighted by Crippen LogP contribution is -2.47. The van der Waals surface area contributed by atoms with Gasteiger partial charge in [0.25, 0.3) is 0 Å². The lowest BCUT2D eigenvalue weighted by molar-refractivity contribution is -0.386. The molecular weight excluding hydrogens is 446 g/mol. The molecule has 5 rings (SSSR count). The number of aromatic nitrogens is 2. The van der Waals surface area contributed by atoms with E-state index >= 15 is 0 Å². The average Bonchev–Trinajstić information content (AvgIpc) is 2.95. The van der Waals surface area contributed by atoms with Gasteiger partial charge in [-0.3, -0.25) is 4.98 Å². The fourth-order valence-electron chi connectivity index (χ4n) is 4.44. The van der Waals surface area contributed by atoms with Crippen molar-refractivity contribution < 1.29 is 15.6 Å². The number of rotatable bonds is 9. The molecule has 180 valence electrons. The number of hydrogen-bond donors (Lipinski definition) is 2. The third kappa shape index (κ3) is 5.13. The van der Waals surface area contributed by atoms with Crippen LogP contribution in [-0.2, 0) is 19.6 Å². The number of nitrogens with zero attached hydrogens (tertiary/aromatic N) is 2. The molecule has 0 unspecified atom stereocenters. The fraction of sp³-hybridized carbons (Fsp3) is 0.161. The Labute approximate surface area is 211 Å². The van der Waals surface area contributed by atoms with Crippen molar-refractivity contribution in [2.24, 2.45) is 0 Å². The molecule has 5 heteroatoms. The largest absolute Gasteiger partial charge is 0.493 e. The van der Waals surface area contributed by atoms with Gasteiger partial charge in [0.05, 0.1) is 31.0 Å². The van der Waals surface area contributed by atoms with Crippen molar-refractivity contribution in [3.8, 4) is 28.1 Å². The van der Waals surface area contributed by atoms with Crippen molar-refractivity contribution in [3.05, 3.63) is 114 Å². The smallest absolute Gasteiger partial charge is 0.124 e. The number of aryl methyl sites for hydroxylation is 1. The van der Waals surface area contributed by atoms with Crippen molar-refractivity contribution in [2.75, 3.05) is 6.61 Å². The maximum Gasteiger partial charge on any atom is 0.124 e. The van der Waals surface area contributed by atoms with Crippen LogP contribution in [0, 0.1) is 0 Å². The molecule has 0 aliphatic heterocycles. The average molecular weight is 477 g/mol. The number of para-hydroxylation sites is 1. The highest BCUT2D eigenvalue weighted by atomic mass is 16.5. The van der Waals surface area contributed by atoms with E-state index in [4.69, 9.17) is 14.7 Å². The van der Waals surface area contributed by atoms with Gasteiger partial charge in [-0.25, -0.2) is 4.98 Å². The first-order valence-electron chi connectivity index (χ1n) is 12.3. The zero-order valence-corrected chi connectivity index (χ0v) is 20.2. The monoisotopic (exact) mass is 476 g/mol. The predicted molar refractivity (Wildman–Crippen MR) is 143 cm³/mol. The maximum absolute atomic E-state index is 9.52. The third-order valence-electron chi connectivity index (χ3n) is 6.38. The molecule has 0 fully saturated rings. The van der Waals surface area contributed by atoms with Gasteiger partial charge in [0.2, 0.25) is 0 Å². The topological polar surface area (TPSA) is 82.9 Å². The first kappa shape index (κ1) is 23.7. The summed E-state index contributed by atoms with van der Waals surface area (Å²) in [6.45, 7) is 1.28. The van der Waals surface area contributed by atoms with Crippen LogP contribution in [0.4, 0.5) is 0 Å². The first-order valence-corrected chi connectivity index (χ1v) is 12.3. The highest BCUT2D eigenvalue weighted by Gasteiger charge is 2.14. The lowest BCUT2D eigenvalue weighted by Gasteiger charge is -2.14. The SMILES string of the molecule is [NH3+]Cc1ccc(-c2nc3ccnc(CCCOc4ccccc4CO)c3cc2-c2ccccc2)cc1. The number of aliphatic hydroxyl groups excluding tert-OH is 1. The van der Waals surface area contributed by atoms with Crippen LogP contribution in [0.5, 0.6) is 5.75 Å². The highest BCUT2D eigenvalue weighted by Crippen LogP contribution is 2.34. The normalized spacial score (nSPS) is 11.1. The van der Waals surface area contributed by atoms with Crippen molar-refractivity contribution in [3.63, 3.8) is 0 Å². The minimum atomic E-state index is -0.0324. The Bertz CT molecular complexity index is 1450. The van der Waals surface area contributed by atoms with Crippen molar-refractivity contribution in [1.82, 2.24) is 9.97 Å². The molecular formula is C31H30N3O2+. The van der Waals surface area contributed by atoms with Gasteiger partial charge in [-0.05, 0) is 36.6 Å². The number of benzene rings is 3. The summed E-state index contributed by atoms with van der Waals surface area (Å²) in [5.74, 6) is 0.730. The Balaban J connectivity index is 1.46. The van der Waals surface area contributed by atoms with Gasteiger partial charge in [0.1, 0.15) is 5.75 Å². The summed E-state index contributed by atoms with van der Waals surface area (Å²) in [5.41, 5.74) is 12.2. The molecule has 0 aliphatic rings. The molecule has 0 bridgehead atoms. The first-order chi connectivity index (χ1) is 17.8. The minimum absolute atomic E-state index is 0.0324. The van der Waals surface area contributed by atoms with Gasteiger partial charge < -0.3 is 15.6 Å². The van der Waals surface area contributed by atoms with Crippen molar-refractivity contribution in [2.45, 2.75) is 26.0 Å². The second-order valence-corrected chi connectivity index (χ2v) is 8.74. The number of quaternary nitrogens is 1. The molecule has 3 aromatic carbocycles. The zero-order valence-electron chi connectivity index (χ0n) is 20.2. The second-order valence-electron chi connectivity index (χ2n) is 8.74. The Morgan fingerprint density at radius 2 is 1.61 bits per heavy atom. The number of ether oxygens (including phenoxy) is 1. The molecule has 0 amide bonds. The second kappa shape index (κ2) is 11.1. The summed E-state index contributed by atoms with van der Waals surface area (Å²) >= 11 is 0. The molecule has 0 spiro atoms. The molecule has 0 saturated heterocycles. The van der Waals surface area contributed by atoms with E-state index in [1.54, 1.807) is 0 Å². The van der Waals surface area contributed by atoms with Gasteiger partial charge in [-0.15, -0.1) is 0 Å². The highest BCUT2D eigenvalue weighted by molar-refractivity contribution is 5.92. The van der Waals surface area contributed by atoms with Crippen molar-refractivity contribution >= 4 is 10.9 Å². The van der Waals surface area contributed by atoms with E-state index in [0.29, 0.717) is 6.61 Å². The number of fused-ring (bicyclic) bond motifs is 1. The molecule has 2 aromatic heterocycles. The molecule has 36 heavy (non-hydrogen) atoms. The summed E-state index contributed by atoms with van der Waals surface area (Å²) in [6.07, 6.45) is 3.41. The quantitative estimate of drug-likeness (QED) is 0.286. The summed E-state index contributed by atoms with van der Waals surface area (Å²) < 4.78 is 5.94. The van der Waals surface area contributed by atoms with Crippen LogP contribution in [0.3, 0.4) is 0 Å². The van der Waals surface area contributed by atoms with E-state index in [9.17, 15) is 5.11 Å². The third-order valence-corrected chi connectivity index (χ3v) is 6.38. The molecule has 0 saturated carbocycles. The minimum Gasteiger partial charge on any atom is -0.493 e. The number of aliphatic hydroxyl groups is 1. The van der Waals surface area contributed by atoms with E-state index in [1.807, 2.05) is 42.6 Å². The Morgan fingerprint density at radius 3 is 2.39 bits per heavy atom. The summed E-state index contributed by atoms with van der Waals surface area (Å²) in [5, 5.41) is 10.6. The van der Waals surface area contributed by atoms with E-state index in [-0.39, 0.29) is 6.61 Å². The van der Waals surface area contributed by atoms with Gasteiger partial charge in [-0.2, -0.15) is 0 Å². The van der Waals surface area contributed by atoms with Gasteiger partial charge in [-0.1, -0.05) is 72.8 Å². The molecule has 0 radical (unpaired) electrons. The van der Waals surface area contributed by atoms with Gasteiger partial charge in [0.15, 0.2) is 0 Å². The van der Waals surface area contributed by atoms with Crippen LogP contribution in [0.2, 0.25) is 0 Å². The van der Waals surface area contributed by atoms with Crippen LogP contribution in [0.15, 0.2) is 97.2 Å². The summed E-state index contributed by atoms with van der Waals surface area (Å²) in [4.78, 5) is 9.82. The molecule has 0 aliphatic carbocycles. The van der Waals surface area contributed by atoms with E-state index in [0.717, 1.165) is 69.7 Å². The summed E-state index contributed by atoms with van der Waals surface area (Å²) in [6, 6.07) is 30.7. The van der Waals surface area contributed by atoms with E-state index < -0.39 is 0 Å². The fourth-order valence-corrected chi connectivity index (χ4v) is 4.44. The molecule has 0 atom stereocenters. The molecule has 4 N–H and O–H groups in total. The molecule has 2 heterocycles. The Hall–Kier alpha value is -4.06. The van der Waals surface area contributed by atoms with Crippen LogP contribution < -0.4 is 10.5 Å². The van der Waals surface area contributed by atoms with Crippen LogP contribution in [-0.4, -0.2) is 21.7 Å². The number of pyridine rings is 2. The molecule has 5 nitrogen and oxygen atoms in total. The molecule has 5 aromatic rings. The van der Waals surface area contributed by atoms with Crippen molar-refractivity contribution in [1.29, 1.82) is 0 Å². The standard InChI is InChI=1S/C31H29N3O2/c32-20-22-12-14-24(15-13-22)31-26(23-7-2-1-3-8-23)19-27-28(33-17-16-29(27)34-31)10-6-18-36-30-11-5-4-9-25(30)21-35/h1-5,7-9,11-17,19,35H,6,10,18,20-21,32H2/p+1.